The van der Waals surface area contributed by atoms with E-state index in [9.17, 15) is 14.4 Å². The van der Waals surface area contributed by atoms with Gasteiger partial charge in [0, 0.05) is 24.4 Å². The molecule has 3 heterocycles. The third-order valence-corrected chi connectivity index (χ3v) is 11.1. The highest BCUT2D eigenvalue weighted by atomic mass is 16.6. The largest absolute Gasteiger partial charge is 0.371 e. The second-order valence-electron chi connectivity index (χ2n) is 14.1. The fourth-order valence-electron chi connectivity index (χ4n) is 8.17. The molecular weight excluding hydrogens is 620 g/mol. The van der Waals surface area contributed by atoms with Crippen LogP contribution in [0.25, 0.3) is 0 Å². The summed E-state index contributed by atoms with van der Waals surface area (Å²) >= 11 is 0. The van der Waals surface area contributed by atoms with Crippen LogP contribution in [0.15, 0.2) is 85.0 Å². The zero-order chi connectivity index (χ0) is 34.8. The summed E-state index contributed by atoms with van der Waals surface area (Å²) < 4.78 is 12.6. The van der Waals surface area contributed by atoms with Gasteiger partial charge in [0.25, 0.3) is 0 Å². The number of ether oxygens (including phenoxy) is 2. The van der Waals surface area contributed by atoms with Crippen molar-refractivity contribution in [2.75, 3.05) is 6.54 Å². The number of amides is 4. The number of carbonyl (C=O) groups is 4. The first-order valence-electron chi connectivity index (χ1n) is 17.5. The van der Waals surface area contributed by atoms with Crippen LogP contribution < -0.4 is 21.3 Å². The van der Waals surface area contributed by atoms with Gasteiger partial charge in [0.15, 0.2) is 0 Å². The number of epoxide rings is 1. The number of fused-ring (bicyclic) bond motifs is 2. The Kier molecular flexibility index (Phi) is 10.1. The minimum Gasteiger partial charge on any atom is -0.371 e. The lowest BCUT2D eigenvalue weighted by Gasteiger charge is -2.46. The van der Waals surface area contributed by atoms with E-state index < -0.39 is 52.9 Å². The molecule has 0 radical (unpaired) electrons. The molecule has 2 aromatic carbocycles. The van der Waals surface area contributed by atoms with Crippen LogP contribution in [-0.4, -0.2) is 66.1 Å². The first kappa shape index (κ1) is 34.6. The van der Waals surface area contributed by atoms with Gasteiger partial charge < -0.3 is 30.7 Å². The van der Waals surface area contributed by atoms with Crippen molar-refractivity contribution in [3.8, 4) is 0 Å². The number of nitrogens with one attached hydrogen (secondary N) is 4. The molecule has 3 unspecified atom stereocenters. The highest BCUT2D eigenvalue weighted by Gasteiger charge is 2.79. The molecule has 0 aromatic heterocycles. The van der Waals surface area contributed by atoms with E-state index >= 15 is 4.79 Å². The molecule has 1 spiro atoms. The molecule has 49 heavy (non-hydrogen) atoms. The number of carbonyl (C=O) groups excluding carboxylic acids is 4. The number of benzene rings is 2. The van der Waals surface area contributed by atoms with Gasteiger partial charge in [-0.3, -0.25) is 19.2 Å². The van der Waals surface area contributed by atoms with E-state index in [4.69, 9.17) is 9.47 Å². The van der Waals surface area contributed by atoms with E-state index in [1.165, 1.54) is 0 Å². The van der Waals surface area contributed by atoms with E-state index in [1.54, 1.807) is 13.8 Å². The monoisotopic (exact) mass is 668 g/mol. The number of hydrogen-bond acceptors (Lipinski definition) is 6. The van der Waals surface area contributed by atoms with Crippen molar-refractivity contribution in [1.82, 2.24) is 21.3 Å². The van der Waals surface area contributed by atoms with Crippen LogP contribution in [0.5, 0.6) is 0 Å². The summed E-state index contributed by atoms with van der Waals surface area (Å²) in [6.07, 6.45) is 8.66. The molecule has 0 bridgehead atoms. The third-order valence-electron chi connectivity index (χ3n) is 11.1. The number of allylic oxidation sites excluding steroid dienone is 2. The Hall–Kier alpha value is -4.28. The summed E-state index contributed by atoms with van der Waals surface area (Å²) in [6, 6.07) is 17.1. The van der Waals surface area contributed by atoms with E-state index in [0.717, 1.165) is 11.1 Å². The third kappa shape index (κ3) is 6.68. The van der Waals surface area contributed by atoms with Gasteiger partial charge >= 0.3 is 0 Å². The van der Waals surface area contributed by atoms with E-state index in [-0.39, 0.29) is 36.5 Å². The summed E-state index contributed by atoms with van der Waals surface area (Å²) in [5.74, 6) is -2.99. The molecule has 4 N–H and O–H groups in total. The lowest BCUT2D eigenvalue weighted by molar-refractivity contribution is -0.153. The Balaban J connectivity index is 1.40. The molecule has 3 fully saturated rings. The summed E-state index contributed by atoms with van der Waals surface area (Å²) in [4.78, 5) is 56.6. The molecule has 6 rings (SSSR count). The minimum atomic E-state index is -1.56. The van der Waals surface area contributed by atoms with Crippen LogP contribution in [0, 0.1) is 23.2 Å². The highest BCUT2D eigenvalue weighted by molar-refractivity contribution is 6.09. The molecule has 4 aliphatic rings. The quantitative estimate of drug-likeness (QED) is 0.212. The number of hydrogen-bond donors (Lipinski definition) is 4. The fraction of sp³-hybridized carbons (Fsp3) is 0.487. The van der Waals surface area contributed by atoms with Crippen LogP contribution in [0.2, 0.25) is 0 Å². The van der Waals surface area contributed by atoms with E-state index in [2.05, 4.69) is 35.1 Å². The van der Waals surface area contributed by atoms with Crippen LogP contribution in [-0.2, 0) is 41.7 Å². The van der Waals surface area contributed by atoms with Crippen LogP contribution >= 0.6 is 0 Å². The zero-order valence-electron chi connectivity index (χ0n) is 28.7. The van der Waals surface area contributed by atoms with Gasteiger partial charge in [0.05, 0.1) is 24.4 Å². The summed E-state index contributed by atoms with van der Waals surface area (Å²) in [6.45, 7) is 7.99. The van der Waals surface area contributed by atoms with Gasteiger partial charge in [0.1, 0.15) is 17.5 Å². The molecule has 1 aliphatic carbocycles. The molecule has 2 saturated heterocycles. The van der Waals surface area contributed by atoms with Gasteiger partial charge in [-0.2, -0.15) is 0 Å². The van der Waals surface area contributed by atoms with Crippen LogP contribution in [0.1, 0.15) is 51.7 Å². The Morgan fingerprint density at radius 1 is 0.837 bits per heavy atom. The normalized spacial score (nSPS) is 36.7. The van der Waals surface area contributed by atoms with Gasteiger partial charge in [-0.1, -0.05) is 91.9 Å². The molecule has 2 aromatic rings. The van der Waals surface area contributed by atoms with Gasteiger partial charge in [-0.25, -0.2) is 0 Å². The van der Waals surface area contributed by atoms with Crippen molar-refractivity contribution >= 4 is 23.6 Å². The Labute approximate surface area is 288 Å². The molecule has 10 nitrogen and oxygen atoms in total. The predicted octanol–water partition coefficient (Wildman–Crippen LogP) is 3.37. The first-order chi connectivity index (χ1) is 23.6. The van der Waals surface area contributed by atoms with Gasteiger partial charge in [-0.15, -0.1) is 0 Å². The lowest BCUT2D eigenvalue weighted by atomic mass is 9.52. The molecule has 10 heteroatoms. The first-order valence-corrected chi connectivity index (χ1v) is 17.5. The minimum absolute atomic E-state index is 0.152. The van der Waals surface area contributed by atoms with Crippen LogP contribution in [0.3, 0.4) is 0 Å². The van der Waals surface area contributed by atoms with Crippen molar-refractivity contribution in [1.29, 1.82) is 0 Å². The lowest BCUT2D eigenvalue weighted by Crippen LogP contribution is -2.65. The predicted molar refractivity (Wildman–Crippen MR) is 185 cm³/mol. The topological polar surface area (TPSA) is 138 Å². The maximum atomic E-state index is 15.1. The molecule has 3 aliphatic heterocycles. The van der Waals surface area contributed by atoms with Gasteiger partial charge in [0.2, 0.25) is 23.6 Å². The molecule has 260 valence electrons. The summed E-state index contributed by atoms with van der Waals surface area (Å²) in [5, 5.41) is 11.9. The van der Waals surface area contributed by atoms with Gasteiger partial charge in [-0.05, 0) is 57.1 Å². The van der Waals surface area contributed by atoms with Crippen LogP contribution in [0.4, 0.5) is 0 Å². The maximum absolute atomic E-state index is 15.1. The van der Waals surface area contributed by atoms with E-state index in [1.807, 2.05) is 85.0 Å². The fourth-order valence-corrected chi connectivity index (χ4v) is 8.17. The van der Waals surface area contributed by atoms with Crippen molar-refractivity contribution in [3.05, 3.63) is 96.1 Å². The second kappa shape index (κ2) is 14.3. The number of rotatable bonds is 6. The summed E-state index contributed by atoms with van der Waals surface area (Å²) in [7, 11) is 0. The van der Waals surface area contributed by atoms with Crippen molar-refractivity contribution < 1.29 is 28.7 Å². The molecule has 10 atom stereocenters. The Morgan fingerprint density at radius 2 is 1.49 bits per heavy atom. The molecule has 4 amide bonds. The SMILES string of the molecule is C[C@H]1NC(=O)C([C@@H](C)OCc2ccccc2)NC(=O)[C@@]23C(=O)N[C@@H](Cc4ccccc4)C2[C@H](C)[C@@]2(C)O[C@H]2C3/C=C/CC/C=C/CNC1=O. The second-order valence-corrected chi connectivity index (χ2v) is 14.1. The summed E-state index contributed by atoms with van der Waals surface area (Å²) in [5.41, 5.74) is -0.106. The Bertz CT molecular complexity index is 1600. The maximum Gasteiger partial charge on any atom is 0.245 e. The smallest absolute Gasteiger partial charge is 0.245 e. The van der Waals surface area contributed by atoms with Crippen molar-refractivity contribution in [2.45, 2.75) is 89.5 Å². The molecule has 1 saturated carbocycles. The zero-order valence-corrected chi connectivity index (χ0v) is 28.7. The van der Waals surface area contributed by atoms with Crippen molar-refractivity contribution in [3.63, 3.8) is 0 Å². The van der Waals surface area contributed by atoms with E-state index in [0.29, 0.717) is 25.8 Å². The average molecular weight is 669 g/mol. The van der Waals surface area contributed by atoms with Crippen molar-refractivity contribution in [2.24, 2.45) is 23.2 Å². The average Bonchev–Trinajstić information content (AvgIpc) is 3.71. The molecular formula is C39H48N4O6. The standard InChI is InChI=1S/C39H48N4O6/c1-24-31-30(22-27-16-10-8-11-17-27)42-36(46)39(31)29(33-38(24,4)49-33)20-14-6-5-7-15-21-40-34(44)25(2)41-35(45)32(43-37(39)47)26(3)48-23-28-18-12-9-13-19-28/h7-20,24-26,29-33H,5-6,21-23H2,1-4H3,(H,40,44)(H,41,45)(H,42,46)(H,43,47)/b15-7+,20-14+/t24-,25+,26+,29?,30-,31?,32?,33-,38+,39+/m0/s1. The Morgan fingerprint density at radius 3 is 2.20 bits per heavy atom. The highest BCUT2D eigenvalue weighted by Crippen LogP contribution is 2.65.